The third kappa shape index (κ3) is 4.81. The normalized spacial score (nSPS) is 19.2. The number of nitro benzene ring substituents is 1. The number of hydrogen-bond donors (Lipinski definition) is 2. The minimum atomic E-state index is -0.749. The van der Waals surface area contributed by atoms with Crippen LogP contribution in [0.5, 0.6) is 0 Å². The van der Waals surface area contributed by atoms with Gasteiger partial charge in [0.25, 0.3) is 11.6 Å². The van der Waals surface area contributed by atoms with Crippen molar-refractivity contribution >= 4 is 41.5 Å². The van der Waals surface area contributed by atoms with E-state index >= 15 is 0 Å². The number of hydrogen-bond acceptors (Lipinski definition) is 5. The molecule has 1 atom stereocenters. The summed E-state index contributed by atoms with van der Waals surface area (Å²) in [6.07, 6.45) is 0.805. The molecule has 1 aliphatic heterocycles. The van der Waals surface area contributed by atoms with Gasteiger partial charge in [0.1, 0.15) is 5.56 Å². The number of nitrogens with zero attached hydrogens (tertiary/aromatic N) is 2. The highest BCUT2D eigenvalue weighted by molar-refractivity contribution is 6.34. The van der Waals surface area contributed by atoms with Gasteiger partial charge in [0, 0.05) is 19.2 Å². The van der Waals surface area contributed by atoms with E-state index in [1.54, 1.807) is 4.90 Å². The van der Waals surface area contributed by atoms with Crippen molar-refractivity contribution in [2.75, 3.05) is 26.2 Å². The van der Waals surface area contributed by atoms with Crippen LogP contribution in [0.4, 0.5) is 5.69 Å². The van der Waals surface area contributed by atoms with E-state index in [2.05, 4.69) is 5.32 Å². The average Bonchev–Trinajstić information content (AvgIpc) is 2.95. The van der Waals surface area contributed by atoms with Crippen molar-refractivity contribution in [2.24, 2.45) is 11.1 Å². The number of halogens is 2. The van der Waals surface area contributed by atoms with Crippen LogP contribution < -0.4 is 11.1 Å². The van der Waals surface area contributed by atoms with Crippen LogP contribution in [-0.2, 0) is 4.79 Å². The zero-order valence-electron chi connectivity index (χ0n) is 13.7. The van der Waals surface area contributed by atoms with Gasteiger partial charge in [-0.15, -0.1) is 12.4 Å². The number of likely N-dealkylation sites (tertiary alicyclic amines) is 1. The molecule has 0 aromatic heterocycles. The molecule has 1 fully saturated rings. The van der Waals surface area contributed by atoms with Crippen LogP contribution in [0.15, 0.2) is 18.2 Å². The number of carbonyl (C=O) groups is 2. The molecular weight excluding hydrogens is 371 g/mol. The third-order valence-electron chi connectivity index (χ3n) is 4.22. The van der Waals surface area contributed by atoms with E-state index in [9.17, 15) is 19.7 Å². The molecule has 3 N–H and O–H groups in total. The first-order valence-electron chi connectivity index (χ1n) is 7.46. The molecular formula is C15H20Cl2N4O4. The van der Waals surface area contributed by atoms with Crippen molar-refractivity contribution < 1.29 is 14.5 Å². The zero-order valence-corrected chi connectivity index (χ0v) is 15.2. The van der Waals surface area contributed by atoms with Gasteiger partial charge in [-0.25, -0.2) is 0 Å². The summed E-state index contributed by atoms with van der Waals surface area (Å²) < 4.78 is 0. The van der Waals surface area contributed by atoms with Crippen LogP contribution >= 0.6 is 24.0 Å². The first-order valence-corrected chi connectivity index (χ1v) is 7.84. The van der Waals surface area contributed by atoms with Gasteiger partial charge in [0.2, 0.25) is 5.91 Å². The fourth-order valence-electron chi connectivity index (χ4n) is 2.65. The summed E-state index contributed by atoms with van der Waals surface area (Å²) in [5.41, 5.74) is 4.95. The maximum absolute atomic E-state index is 12.2. The Labute approximate surface area is 156 Å². The average molecular weight is 391 g/mol. The predicted octanol–water partition coefficient (Wildman–Crippen LogP) is 1.60. The maximum atomic E-state index is 12.2. The smallest absolute Gasteiger partial charge is 0.283 e. The van der Waals surface area contributed by atoms with Crippen LogP contribution in [0.3, 0.4) is 0 Å². The molecule has 2 amide bonds. The van der Waals surface area contributed by atoms with Gasteiger partial charge in [-0.1, -0.05) is 24.6 Å². The minimum Gasteiger partial charge on any atom is -0.343 e. The number of nitrogens with one attached hydrogen (secondary N) is 1. The Morgan fingerprint density at radius 2 is 2.16 bits per heavy atom. The maximum Gasteiger partial charge on any atom is 0.283 e. The molecule has 1 saturated heterocycles. The van der Waals surface area contributed by atoms with Gasteiger partial charge in [0.05, 0.1) is 16.5 Å². The molecule has 2 rings (SSSR count). The Bertz CT molecular complexity index is 685. The molecule has 1 aromatic rings. The first kappa shape index (κ1) is 21.1. The fraction of sp³-hybridized carbons (Fsp3) is 0.467. The Balaban J connectivity index is 0.00000312. The standard InChI is InChI=1S/C15H19ClN4O4.ClH/c1-15(8-17)5-6-19(9-15)12(21)7-18-14(22)13-10(16)3-2-4-11(13)20(23)24;/h2-4H,5-9,17H2,1H3,(H,18,22);1H. The van der Waals surface area contributed by atoms with Gasteiger partial charge in [-0.05, 0) is 24.4 Å². The van der Waals surface area contributed by atoms with E-state index in [4.69, 9.17) is 17.3 Å². The monoisotopic (exact) mass is 390 g/mol. The molecule has 8 nitrogen and oxygen atoms in total. The number of benzene rings is 1. The molecule has 1 unspecified atom stereocenters. The lowest BCUT2D eigenvalue weighted by molar-refractivity contribution is -0.385. The van der Waals surface area contributed by atoms with Crippen LogP contribution in [0.25, 0.3) is 0 Å². The topological polar surface area (TPSA) is 119 Å². The highest BCUT2D eigenvalue weighted by atomic mass is 35.5. The third-order valence-corrected chi connectivity index (χ3v) is 4.53. The van der Waals surface area contributed by atoms with E-state index in [-0.39, 0.29) is 40.9 Å². The largest absolute Gasteiger partial charge is 0.343 e. The highest BCUT2D eigenvalue weighted by Crippen LogP contribution is 2.28. The summed E-state index contributed by atoms with van der Waals surface area (Å²) in [5, 5.41) is 13.4. The number of rotatable bonds is 5. The molecule has 1 aliphatic rings. The number of nitrogens with two attached hydrogens (primary N) is 1. The van der Waals surface area contributed by atoms with E-state index in [1.165, 1.54) is 18.2 Å². The second-order valence-electron chi connectivity index (χ2n) is 6.15. The lowest BCUT2D eigenvalue weighted by Gasteiger charge is -2.22. The van der Waals surface area contributed by atoms with Crippen molar-refractivity contribution in [3.8, 4) is 0 Å². The number of nitro groups is 1. The first-order chi connectivity index (χ1) is 11.3. The van der Waals surface area contributed by atoms with E-state index < -0.39 is 16.5 Å². The molecule has 25 heavy (non-hydrogen) atoms. The molecule has 0 radical (unpaired) electrons. The summed E-state index contributed by atoms with van der Waals surface area (Å²) >= 11 is 5.89. The van der Waals surface area contributed by atoms with Gasteiger partial charge < -0.3 is 16.0 Å². The molecule has 10 heteroatoms. The van der Waals surface area contributed by atoms with Crippen molar-refractivity contribution in [1.29, 1.82) is 0 Å². The quantitative estimate of drug-likeness (QED) is 0.584. The summed E-state index contributed by atoms with van der Waals surface area (Å²) in [4.78, 5) is 36.4. The van der Waals surface area contributed by atoms with Gasteiger partial charge in [-0.3, -0.25) is 19.7 Å². The van der Waals surface area contributed by atoms with Crippen LogP contribution in [-0.4, -0.2) is 47.8 Å². The summed E-state index contributed by atoms with van der Waals surface area (Å²) in [5.74, 6) is -1.00. The minimum absolute atomic E-state index is 0. The van der Waals surface area contributed by atoms with Crippen LogP contribution in [0, 0.1) is 15.5 Å². The van der Waals surface area contributed by atoms with Crippen molar-refractivity contribution in [3.63, 3.8) is 0 Å². The lowest BCUT2D eigenvalue weighted by Crippen LogP contribution is -2.41. The molecule has 0 bridgehead atoms. The Kier molecular flexibility index (Phi) is 7.16. The Morgan fingerprint density at radius 3 is 2.72 bits per heavy atom. The molecule has 0 saturated carbocycles. The molecule has 0 aliphatic carbocycles. The van der Waals surface area contributed by atoms with Gasteiger partial charge in [-0.2, -0.15) is 0 Å². The second-order valence-corrected chi connectivity index (χ2v) is 6.56. The molecule has 138 valence electrons. The van der Waals surface area contributed by atoms with Crippen molar-refractivity contribution in [1.82, 2.24) is 10.2 Å². The van der Waals surface area contributed by atoms with Crippen molar-refractivity contribution in [2.45, 2.75) is 13.3 Å². The van der Waals surface area contributed by atoms with E-state index in [0.717, 1.165) is 6.42 Å². The molecule has 1 aromatic carbocycles. The highest BCUT2D eigenvalue weighted by Gasteiger charge is 2.35. The van der Waals surface area contributed by atoms with Crippen LogP contribution in [0.1, 0.15) is 23.7 Å². The van der Waals surface area contributed by atoms with E-state index in [0.29, 0.717) is 19.6 Å². The molecule has 0 spiro atoms. The SMILES string of the molecule is CC1(CN)CCN(C(=O)CNC(=O)c2c(Cl)cccc2[N+](=O)[O-])C1.Cl. The van der Waals surface area contributed by atoms with Crippen molar-refractivity contribution in [3.05, 3.63) is 38.9 Å². The second kappa shape index (κ2) is 8.46. The Hall–Kier alpha value is -1.90. The summed E-state index contributed by atoms with van der Waals surface area (Å²) in [6, 6.07) is 3.97. The zero-order chi connectivity index (χ0) is 17.9. The Morgan fingerprint density at radius 1 is 1.48 bits per heavy atom. The molecule has 1 heterocycles. The van der Waals surface area contributed by atoms with Crippen LogP contribution in [0.2, 0.25) is 5.02 Å². The fourth-order valence-corrected chi connectivity index (χ4v) is 2.90. The predicted molar refractivity (Wildman–Crippen MR) is 96.0 cm³/mol. The summed E-state index contributed by atoms with van der Waals surface area (Å²) in [6.45, 7) is 3.35. The van der Waals surface area contributed by atoms with Gasteiger partial charge >= 0.3 is 0 Å². The van der Waals surface area contributed by atoms with Gasteiger partial charge in [0.15, 0.2) is 0 Å². The number of carbonyl (C=O) groups excluding carboxylic acids is 2. The lowest BCUT2D eigenvalue weighted by atomic mass is 9.90. The van der Waals surface area contributed by atoms with E-state index in [1.807, 2.05) is 6.92 Å². The summed E-state index contributed by atoms with van der Waals surface area (Å²) in [7, 11) is 0. The number of amides is 2.